The molecule has 2 unspecified atom stereocenters. The van der Waals surface area contributed by atoms with Crippen LogP contribution in [0, 0.1) is 0 Å². The summed E-state index contributed by atoms with van der Waals surface area (Å²) in [6.07, 6.45) is 4.73. The van der Waals surface area contributed by atoms with Crippen molar-refractivity contribution in [2.24, 2.45) is 0 Å². The zero-order valence-electron chi connectivity index (χ0n) is 14.6. The van der Waals surface area contributed by atoms with Crippen LogP contribution in [0.4, 0.5) is 0 Å². The van der Waals surface area contributed by atoms with Crippen LogP contribution in [0.25, 0.3) is 0 Å². The van der Waals surface area contributed by atoms with Gasteiger partial charge in [-0.2, -0.15) is 14.7 Å². The van der Waals surface area contributed by atoms with Crippen molar-refractivity contribution in [2.75, 3.05) is 0 Å². The van der Waals surface area contributed by atoms with Crippen molar-refractivity contribution in [2.45, 2.75) is 56.4 Å². The van der Waals surface area contributed by atoms with Crippen LogP contribution in [-0.4, -0.2) is 12.1 Å². The summed E-state index contributed by atoms with van der Waals surface area (Å²) in [6.45, 7) is 0. The van der Waals surface area contributed by atoms with Crippen molar-refractivity contribution >= 4 is 0 Å². The lowest BCUT2D eigenvalue weighted by molar-refractivity contribution is -0.611. The molecule has 5 rings (SSSR count). The molecule has 2 aromatic rings. The average Bonchev–Trinajstić information content (AvgIpc) is 2.71. The van der Waals surface area contributed by atoms with Crippen molar-refractivity contribution in [3.8, 4) is 0 Å². The molecule has 2 bridgehead atoms. The Kier molecular flexibility index (Phi) is 4.07. The number of fused-ring (bicyclic) bond motifs is 4. The van der Waals surface area contributed by atoms with Crippen molar-refractivity contribution in [1.82, 2.24) is 0 Å². The smallest absolute Gasteiger partial charge is 0.256 e. The third kappa shape index (κ3) is 2.68. The molecule has 2 aromatic carbocycles. The maximum Gasteiger partial charge on any atom is 0.256 e. The van der Waals surface area contributed by atoms with E-state index in [0.717, 1.165) is 42.4 Å². The maximum absolute atomic E-state index is 6.27. The lowest BCUT2D eigenvalue weighted by atomic mass is 9.89. The molecule has 1 aliphatic carbocycles. The Morgan fingerprint density at radius 3 is 2.38 bits per heavy atom. The first-order valence-corrected chi connectivity index (χ1v) is 9.33. The summed E-state index contributed by atoms with van der Waals surface area (Å²) < 4.78 is 6.27. The van der Waals surface area contributed by atoms with Gasteiger partial charge in [0.05, 0.1) is 0 Å². The fraction of sp³-hybridized carbons (Fsp3) is 0.429. The second-order valence-electron chi connectivity index (χ2n) is 7.21. The molecule has 0 amide bonds. The van der Waals surface area contributed by atoms with Crippen molar-refractivity contribution in [3.05, 3.63) is 71.3 Å². The van der Waals surface area contributed by atoms with Crippen molar-refractivity contribution in [1.29, 1.82) is 0 Å². The van der Waals surface area contributed by atoms with E-state index >= 15 is 0 Å². The average molecular weight is 354 g/mol. The van der Waals surface area contributed by atoms with Gasteiger partial charge in [0.1, 0.15) is 0 Å². The van der Waals surface area contributed by atoms with Gasteiger partial charge in [-0.1, -0.05) is 61.0 Å². The van der Waals surface area contributed by atoms with Crippen molar-refractivity contribution < 1.29 is 24.3 Å². The number of hydrogen-bond donors (Lipinski definition) is 0. The molecular weight excluding hydrogens is 332 g/mol. The van der Waals surface area contributed by atoms with Crippen LogP contribution < -0.4 is 0 Å². The summed E-state index contributed by atoms with van der Waals surface area (Å²) in [5.41, 5.74) is 2.91. The van der Waals surface area contributed by atoms with E-state index in [1.807, 2.05) is 48.5 Å². The molecular formula is C21H22O5. The molecule has 0 N–H and O–H groups in total. The van der Waals surface area contributed by atoms with E-state index in [4.69, 9.17) is 24.3 Å². The standard InChI is InChI=1S/C21H22O5/c1-3-10-17(11-4-1)21-18-12-6-5-9-16(18)15-19(22-21)23-24-20(25-26-21)13-7-2-8-14-20/h1,3-6,9-12,19H,2,7-8,13-15H2. The van der Waals surface area contributed by atoms with E-state index in [9.17, 15) is 0 Å². The maximum atomic E-state index is 6.27. The lowest BCUT2D eigenvalue weighted by Crippen LogP contribution is -2.51. The lowest BCUT2D eigenvalue weighted by Gasteiger charge is -2.46. The van der Waals surface area contributed by atoms with Gasteiger partial charge in [-0.25, -0.2) is 4.89 Å². The second-order valence-corrected chi connectivity index (χ2v) is 7.21. The Labute approximate surface area is 152 Å². The van der Waals surface area contributed by atoms with E-state index in [1.54, 1.807) is 0 Å². The Hall–Kier alpha value is -1.76. The predicted octanol–water partition coefficient (Wildman–Crippen LogP) is 4.36. The number of rotatable bonds is 1. The van der Waals surface area contributed by atoms with E-state index in [0.29, 0.717) is 6.42 Å². The summed E-state index contributed by atoms with van der Waals surface area (Å²) in [5, 5.41) is 0. The van der Waals surface area contributed by atoms with Crippen LogP contribution in [0.3, 0.4) is 0 Å². The quantitative estimate of drug-likeness (QED) is 0.712. The fourth-order valence-electron chi connectivity index (χ4n) is 4.08. The van der Waals surface area contributed by atoms with Gasteiger partial charge in [0.25, 0.3) is 5.79 Å². The minimum absolute atomic E-state index is 0.562. The van der Waals surface area contributed by atoms with Gasteiger partial charge in [-0.3, -0.25) is 0 Å². The zero-order valence-corrected chi connectivity index (χ0v) is 14.6. The SMILES string of the molecule is c1ccc(C23OOC4(CCCCC4)OOC(Cc4ccccc42)O3)cc1. The number of hydrogen-bond acceptors (Lipinski definition) is 5. The molecule has 5 heteroatoms. The molecule has 2 atom stereocenters. The van der Waals surface area contributed by atoms with Crippen LogP contribution in [-0.2, 0) is 36.5 Å². The summed E-state index contributed by atoms with van der Waals surface area (Å²) in [4.78, 5) is 23.5. The topological polar surface area (TPSA) is 46.2 Å². The van der Waals surface area contributed by atoms with E-state index < -0.39 is 17.9 Å². The molecule has 26 heavy (non-hydrogen) atoms. The molecule has 2 aliphatic heterocycles. The first-order valence-electron chi connectivity index (χ1n) is 9.33. The summed E-state index contributed by atoms with van der Waals surface area (Å²) >= 11 is 0. The van der Waals surface area contributed by atoms with Gasteiger partial charge in [0.15, 0.2) is 6.29 Å². The highest BCUT2D eigenvalue weighted by Crippen LogP contribution is 2.46. The Balaban J connectivity index is 1.62. The third-order valence-electron chi connectivity index (χ3n) is 5.44. The molecule has 2 heterocycles. The molecule has 136 valence electrons. The summed E-state index contributed by atoms with van der Waals surface area (Å²) in [7, 11) is 0. The van der Waals surface area contributed by atoms with E-state index in [2.05, 4.69) is 6.07 Å². The third-order valence-corrected chi connectivity index (χ3v) is 5.44. The molecule has 2 fully saturated rings. The summed E-state index contributed by atoms with van der Waals surface area (Å²) in [6, 6.07) is 18.0. The Bertz CT molecular complexity index is 771. The van der Waals surface area contributed by atoms with Crippen LogP contribution in [0.1, 0.15) is 48.8 Å². The zero-order chi connectivity index (χ0) is 17.5. The molecule has 1 saturated heterocycles. The highest BCUT2D eigenvalue weighted by molar-refractivity contribution is 5.41. The van der Waals surface area contributed by atoms with E-state index in [1.165, 1.54) is 6.42 Å². The monoisotopic (exact) mass is 354 g/mol. The van der Waals surface area contributed by atoms with Gasteiger partial charge in [-0.15, -0.1) is 0 Å². The van der Waals surface area contributed by atoms with Crippen LogP contribution in [0.2, 0.25) is 0 Å². The normalized spacial score (nSPS) is 30.2. The largest absolute Gasteiger partial charge is 0.307 e. The number of benzene rings is 2. The van der Waals surface area contributed by atoms with E-state index in [-0.39, 0.29) is 0 Å². The van der Waals surface area contributed by atoms with Gasteiger partial charge in [0, 0.05) is 30.4 Å². The van der Waals surface area contributed by atoms with Gasteiger partial charge in [-0.05, 0) is 18.4 Å². The minimum Gasteiger partial charge on any atom is -0.307 e. The highest BCUT2D eigenvalue weighted by atomic mass is 17.3. The van der Waals surface area contributed by atoms with Crippen LogP contribution in [0.5, 0.6) is 0 Å². The predicted molar refractivity (Wildman–Crippen MR) is 92.4 cm³/mol. The summed E-state index contributed by atoms with van der Waals surface area (Å²) in [5.74, 6) is -2.04. The first kappa shape index (κ1) is 16.4. The second kappa shape index (κ2) is 6.44. The van der Waals surface area contributed by atoms with Crippen molar-refractivity contribution in [3.63, 3.8) is 0 Å². The Morgan fingerprint density at radius 1 is 0.769 bits per heavy atom. The fourth-order valence-corrected chi connectivity index (χ4v) is 4.08. The van der Waals surface area contributed by atoms with Crippen LogP contribution >= 0.6 is 0 Å². The molecule has 3 aliphatic rings. The highest BCUT2D eigenvalue weighted by Gasteiger charge is 2.51. The van der Waals surface area contributed by atoms with Crippen LogP contribution in [0.15, 0.2) is 54.6 Å². The minimum atomic E-state index is -1.17. The van der Waals surface area contributed by atoms with Gasteiger partial charge < -0.3 is 4.74 Å². The number of ether oxygens (including phenoxy) is 1. The molecule has 0 radical (unpaired) electrons. The van der Waals surface area contributed by atoms with Gasteiger partial charge >= 0.3 is 0 Å². The van der Waals surface area contributed by atoms with Gasteiger partial charge in [0.2, 0.25) is 5.79 Å². The first-order chi connectivity index (χ1) is 12.8. The molecule has 1 saturated carbocycles. The molecule has 1 spiro atoms. The molecule has 0 aromatic heterocycles. The molecule has 5 nitrogen and oxygen atoms in total. The Morgan fingerprint density at radius 2 is 1.54 bits per heavy atom.